The molecule has 120 valence electrons. The number of aromatic nitrogens is 2. The van der Waals surface area contributed by atoms with Gasteiger partial charge in [-0.2, -0.15) is 0 Å². The van der Waals surface area contributed by atoms with Gasteiger partial charge in [0.05, 0.1) is 5.69 Å². The number of hydrogen-bond acceptors (Lipinski definition) is 1. The number of unbranched alkanes of at least 4 members (excludes halogenated alkanes) is 1. The molecule has 0 aliphatic rings. The van der Waals surface area contributed by atoms with Gasteiger partial charge in [-0.25, -0.2) is 4.79 Å². The topological polar surface area (TPSA) is 37.8 Å². The molecule has 1 N–H and O–H groups in total. The number of nitrogens with zero attached hydrogens (tertiary/aromatic N) is 1. The largest absolute Gasteiger partial charge is 0.330 e. The first kappa shape index (κ1) is 16.6. The fourth-order valence-electron chi connectivity index (χ4n) is 2.93. The van der Waals surface area contributed by atoms with Crippen LogP contribution in [0.5, 0.6) is 0 Å². The molecule has 22 heavy (non-hydrogen) atoms. The zero-order valence-corrected chi connectivity index (χ0v) is 14.7. The number of aryl methyl sites for hydroxylation is 3. The van der Waals surface area contributed by atoms with Crippen molar-refractivity contribution < 1.29 is 0 Å². The van der Waals surface area contributed by atoms with Gasteiger partial charge in [0.2, 0.25) is 0 Å². The molecule has 1 aromatic heterocycles. The van der Waals surface area contributed by atoms with E-state index in [-0.39, 0.29) is 11.1 Å². The summed E-state index contributed by atoms with van der Waals surface area (Å²) in [4.78, 5) is 15.1. The van der Waals surface area contributed by atoms with Crippen LogP contribution < -0.4 is 5.69 Å². The number of H-pyrrole nitrogens is 1. The molecule has 0 unspecified atom stereocenters. The van der Waals surface area contributed by atoms with E-state index in [0.29, 0.717) is 0 Å². The Labute approximate surface area is 133 Å². The summed E-state index contributed by atoms with van der Waals surface area (Å²) >= 11 is 0. The highest BCUT2D eigenvalue weighted by atomic mass is 16.1. The van der Waals surface area contributed by atoms with E-state index in [1.54, 1.807) is 0 Å². The molecule has 2 aromatic rings. The molecule has 0 saturated carbocycles. The Morgan fingerprint density at radius 3 is 2.23 bits per heavy atom. The van der Waals surface area contributed by atoms with Gasteiger partial charge in [0.1, 0.15) is 0 Å². The van der Waals surface area contributed by atoms with E-state index in [1.807, 2.05) is 10.8 Å². The number of nitrogens with one attached hydrogen (secondary N) is 1. The first-order valence-electron chi connectivity index (χ1n) is 8.17. The molecule has 0 aliphatic heterocycles. The molecular formula is C19H28N2O. The monoisotopic (exact) mass is 300 g/mol. The van der Waals surface area contributed by atoms with Crippen LogP contribution in [0.3, 0.4) is 0 Å². The Hall–Kier alpha value is -1.77. The number of rotatable bonds is 4. The minimum absolute atomic E-state index is 0.0409. The van der Waals surface area contributed by atoms with Gasteiger partial charge >= 0.3 is 5.69 Å². The molecule has 3 heteroatoms. The van der Waals surface area contributed by atoms with E-state index in [2.05, 4.69) is 58.7 Å². The van der Waals surface area contributed by atoms with Crippen LogP contribution in [0, 0.1) is 13.8 Å². The molecule has 0 radical (unpaired) electrons. The SMILES string of the molecule is CCCCc1c[nH]c(=O)n1-c1c(C)cc(C(C)(C)C)cc1C. The molecule has 0 bridgehead atoms. The van der Waals surface area contributed by atoms with Gasteiger partial charge in [-0.1, -0.05) is 46.2 Å². The molecule has 2 rings (SSSR count). The summed E-state index contributed by atoms with van der Waals surface area (Å²) in [6, 6.07) is 4.43. The van der Waals surface area contributed by atoms with Crippen molar-refractivity contribution in [1.82, 2.24) is 9.55 Å². The summed E-state index contributed by atoms with van der Waals surface area (Å²) in [5.74, 6) is 0. The smallest absolute Gasteiger partial charge is 0.312 e. The van der Waals surface area contributed by atoms with Gasteiger partial charge < -0.3 is 4.98 Å². The summed E-state index contributed by atoms with van der Waals surface area (Å²) in [6.07, 6.45) is 5.00. The summed E-state index contributed by atoms with van der Waals surface area (Å²) in [5.41, 5.74) is 5.80. The number of aromatic amines is 1. The third kappa shape index (κ3) is 3.18. The average molecular weight is 300 g/mol. The summed E-state index contributed by atoms with van der Waals surface area (Å²) in [6.45, 7) is 13.0. The summed E-state index contributed by atoms with van der Waals surface area (Å²) in [7, 11) is 0. The Bertz CT molecular complexity index is 691. The Morgan fingerprint density at radius 1 is 1.14 bits per heavy atom. The lowest BCUT2D eigenvalue weighted by Crippen LogP contribution is -2.20. The lowest BCUT2D eigenvalue weighted by molar-refractivity contribution is 0.589. The highest BCUT2D eigenvalue weighted by Crippen LogP contribution is 2.29. The number of benzene rings is 1. The maximum Gasteiger partial charge on any atom is 0.330 e. The van der Waals surface area contributed by atoms with Gasteiger partial charge in [0.15, 0.2) is 0 Å². The molecule has 0 atom stereocenters. The highest BCUT2D eigenvalue weighted by Gasteiger charge is 2.19. The van der Waals surface area contributed by atoms with Gasteiger partial charge in [-0.3, -0.25) is 4.57 Å². The van der Waals surface area contributed by atoms with Crippen molar-refractivity contribution in [2.24, 2.45) is 0 Å². The number of imidazole rings is 1. The maximum atomic E-state index is 12.3. The summed E-state index contributed by atoms with van der Waals surface area (Å²) < 4.78 is 1.85. The second-order valence-corrected chi connectivity index (χ2v) is 7.23. The van der Waals surface area contributed by atoms with E-state index >= 15 is 0 Å². The first-order chi connectivity index (χ1) is 10.3. The van der Waals surface area contributed by atoms with Gasteiger partial charge in [0, 0.05) is 11.9 Å². The van der Waals surface area contributed by atoms with Crippen molar-refractivity contribution >= 4 is 0 Å². The first-order valence-corrected chi connectivity index (χ1v) is 8.17. The zero-order valence-electron chi connectivity index (χ0n) is 14.7. The highest BCUT2D eigenvalue weighted by molar-refractivity contribution is 5.51. The van der Waals surface area contributed by atoms with Crippen LogP contribution in [0.15, 0.2) is 23.1 Å². The van der Waals surface area contributed by atoms with Crippen molar-refractivity contribution in [2.45, 2.75) is 66.2 Å². The van der Waals surface area contributed by atoms with E-state index in [0.717, 1.165) is 41.8 Å². The quantitative estimate of drug-likeness (QED) is 0.891. The van der Waals surface area contributed by atoms with Crippen molar-refractivity contribution in [3.8, 4) is 5.69 Å². The third-order valence-electron chi connectivity index (χ3n) is 4.22. The Balaban J connectivity index is 2.59. The van der Waals surface area contributed by atoms with Crippen LogP contribution in [0.2, 0.25) is 0 Å². The third-order valence-corrected chi connectivity index (χ3v) is 4.22. The molecule has 1 aromatic carbocycles. The predicted octanol–water partition coefficient (Wildman–Crippen LogP) is 4.42. The fourth-order valence-corrected chi connectivity index (χ4v) is 2.93. The lowest BCUT2D eigenvalue weighted by Gasteiger charge is -2.23. The van der Waals surface area contributed by atoms with E-state index in [9.17, 15) is 4.79 Å². The van der Waals surface area contributed by atoms with Gasteiger partial charge in [-0.05, 0) is 48.8 Å². The Morgan fingerprint density at radius 2 is 1.73 bits per heavy atom. The van der Waals surface area contributed by atoms with Crippen LogP contribution in [0.25, 0.3) is 5.69 Å². The van der Waals surface area contributed by atoms with E-state index in [4.69, 9.17) is 0 Å². The molecule has 0 spiro atoms. The van der Waals surface area contributed by atoms with Crippen molar-refractivity contribution in [3.63, 3.8) is 0 Å². The summed E-state index contributed by atoms with van der Waals surface area (Å²) in [5, 5.41) is 0. The van der Waals surface area contributed by atoms with Crippen molar-refractivity contribution in [2.75, 3.05) is 0 Å². The molecule has 0 saturated heterocycles. The molecule has 0 aliphatic carbocycles. The second-order valence-electron chi connectivity index (χ2n) is 7.23. The minimum atomic E-state index is -0.0409. The molecule has 3 nitrogen and oxygen atoms in total. The molecule has 0 fully saturated rings. The van der Waals surface area contributed by atoms with Gasteiger partial charge in [0.25, 0.3) is 0 Å². The minimum Gasteiger partial charge on any atom is -0.312 e. The predicted molar refractivity (Wildman–Crippen MR) is 93.2 cm³/mol. The van der Waals surface area contributed by atoms with Crippen molar-refractivity contribution in [3.05, 3.63) is 51.2 Å². The van der Waals surface area contributed by atoms with Crippen LogP contribution in [-0.4, -0.2) is 9.55 Å². The van der Waals surface area contributed by atoms with E-state index < -0.39 is 0 Å². The van der Waals surface area contributed by atoms with Gasteiger partial charge in [-0.15, -0.1) is 0 Å². The standard InChI is InChI=1S/C19H28N2O/c1-7-8-9-16-12-20-18(22)21(16)17-13(2)10-15(11-14(17)3)19(4,5)6/h10-12H,7-9H2,1-6H3,(H,20,22). The van der Waals surface area contributed by atoms with E-state index in [1.165, 1.54) is 5.56 Å². The van der Waals surface area contributed by atoms with Crippen molar-refractivity contribution in [1.29, 1.82) is 0 Å². The molecule has 1 heterocycles. The second kappa shape index (κ2) is 6.15. The lowest BCUT2D eigenvalue weighted by atomic mass is 9.84. The average Bonchev–Trinajstić information content (AvgIpc) is 2.76. The molecule has 0 amide bonds. The fraction of sp³-hybridized carbons (Fsp3) is 0.526. The van der Waals surface area contributed by atoms with Crippen LogP contribution in [0.1, 0.15) is 62.9 Å². The molecular weight excluding hydrogens is 272 g/mol. The Kier molecular flexibility index (Phi) is 4.64. The normalized spacial score (nSPS) is 11.9. The zero-order chi connectivity index (χ0) is 16.5. The van der Waals surface area contributed by atoms with Crippen LogP contribution >= 0.6 is 0 Å². The van der Waals surface area contributed by atoms with Crippen LogP contribution in [-0.2, 0) is 11.8 Å². The maximum absolute atomic E-state index is 12.3. The number of hydrogen-bond donors (Lipinski definition) is 1. The van der Waals surface area contributed by atoms with Crippen LogP contribution in [0.4, 0.5) is 0 Å².